The molecule has 0 bridgehead atoms. The highest BCUT2D eigenvalue weighted by Crippen LogP contribution is 2.20. The quantitative estimate of drug-likeness (QED) is 0.781. The average Bonchev–Trinajstić information content (AvgIpc) is 2.46. The lowest BCUT2D eigenvalue weighted by Crippen LogP contribution is -2.23. The molecule has 0 saturated carbocycles. The molecule has 0 radical (unpaired) electrons. The number of ether oxygens (including phenoxy) is 2. The summed E-state index contributed by atoms with van der Waals surface area (Å²) in [5.74, 6) is 1.11. The Morgan fingerprint density at radius 3 is 2.50 bits per heavy atom. The summed E-state index contributed by atoms with van der Waals surface area (Å²) in [6.07, 6.45) is -0.597. The number of hydrogen-bond donors (Lipinski definition) is 0. The molecule has 0 N–H and O–H groups in total. The van der Waals surface area contributed by atoms with Gasteiger partial charge in [-0.05, 0) is 37.3 Å². The Bertz CT molecular complexity index is 610. The van der Waals surface area contributed by atoms with Gasteiger partial charge in [-0.3, -0.25) is 4.79 Å². The van der Waals surface area contributed by atoms with Gasteiger partial charge in [0, 0.05) is 10.6 Å². The largest absolute Gasteiger partial charge is 0.497 e. The van der Waals surface area contributed by atoms with Crippen molar-refractivity contribution in [3.8, 4) is 11.5 Å². The molecule has 2 rings (SSSR count). The second-order valence-corrected chi connectivity index (χ2v) is 4.75. The van der Waals surface area contributed by atoms with Crippen molar-refractivity contribution in [3.05, 3.63) is 59.1 Å². The molecule has 0 spiro atoms. The first-order valence-electron chi connectivity index (χ1n) is 6.20. The van der Waals surface area contributed by atoms with Crippen LogP contribution in [-0.4, -0.2) is 19.0 Å². The van der Waals surface area contributed by atoms with Gasteiger partial charge >= 0.3 is 0 Å². The fraction of sp³-hybridized carbons (Fsp3) is 0.188. The summed E-state index contributed by atoms with van der Waals surface area (Å²) in [4.78, 5) is 12.3. The Labute approximate surface area is 123 Å². The predicted octanol–water partition coefficient (Wildman–Crippen LogP) is 4.00. The van der Waals surface area contributed by atoms with Crippen LogP contribution in [0.2, 0.25) is 5.02 Å². The minimum atomic E-state index is -0.597. The number of benzene rings is 2. The van der Waals surface area contributed by atoms with Gasteiger partial charge in [0.05, 0.1) is 7.11 Å². The zero-order valence-corrected chi connectivity index (χ0v) is 12.1. The van der Waals surface area contributed by atoms with E-state index in [1.54, 1.807) is 62.6 Å². The first kappa shape index (κ1) is 14.4. The molecule has 0 aromatic heterocycles. The molecule has 0 aliphatic heterocycles. The number of carbonyl (C=O) groups excluding carboxylic acids is 1. The zero-order valence-electron chi connectivity index (χ0n) is 11.3. The van der Waals surface area contributed by atoms with Crippen molar-refractivity contribution in [2.24, 2.45) is 0 Å². The molecule has 0 saturated heterocycles. The zero-order chi connectivity index (χ0) is 14.5. The number of halogens is 1. The summed E-state index contributed by atoms with van der Waals surface area (Å²) in [5.41, 5.74) is 0.555. The van der Waals surface area contributed by atoms with Crippen LogP contribution in [0.5, 0.6) is 11.5 Å². The second kappa shape index (κ2) is 6.44. The van der Waals surface area contributed by atoms with Crippen LogP contribution in [0.3, 0.4) is 0 Å². The average molecular weight is 291 g/mol. The third kappa shape index (κ3) is 3.52. The normalized spacial score (nSPS) is 11.8. The SMILES string of the molecule is COc1cccc(C(=O)C(C)Oc2cccc(Cl)c2)c1. The van der Waals surface area contributed by atoms with Crippen LogP contribution >= 0.6 is 11.6 Å². The molecule has 2 aromatic carbocycles. The molecule has 0 heterocycles. The summed E-state index contributed by atoms with van der Waals surface area (Å²) >= 11 is 5.88. The third-order valence-corrected chi connectivity index (χ3v) is 3.07. The van der Waals surface area contributed by atoms with Gasteiger partial charge in [0.15, 0.2) is 6.10 Å². The van der Waals surface area contributed by atoms with Crippen molar-refractivity contribution >= 4 is 17.4 Å². The van der Waals surface area contributed by atoms with Gasteiger partial charge in [-0.15, -0.1) is 0 Å². The van der Waals surface area contributed by atoms with Gasteiger partial charge in [0.2, 0.25) is 5.78 Å². The number of rotatable bonds is 5. The standard InChI is InChI=1S/C16H15ClO3/c1-11(20-15-8-4-6-13(17)10-15)16(18)12-5-3-7-14(9-12)19-2/h3-11H,1-2H3. The molecular weight excluding hydrogens is 276 g/mol. The molecule has 2 aromatic rings. The van der Waals surface area contributed by atoms with Gasteiger partial charge in [-0.2, -0.15) is 0 Å². The van der Waals surface area contributed by atoms with E-state index in [0.29, 0.717) is 22.1 Å². The van der Waals surface area contributed by atoms with Crippen molar-refractivity contribution in [1.82, 2.24) is 0 Å². The van der Waals surface area contributed by atoms with E-state index in [1.165, 1.54) is 0 Å². The summed E-state index contributed by atoms with van der Waals surface area (Å²) in [6.45, 7) is 1.71. The highest BCUT2D eigenvalue weighted by atomic mass is 35.5. The van der Waals surface area contributed by atoms with Crippen molar-refractivity contribution in [1.29, 1.82) is 0 Å². The lowest BCUT2D eigenvalue weighted by Gasteiger charge is -2.14. The number of Topliss-reactive ketones (excluding diaryl/α,β-unsaturated/α-hetero) is 1. The van der Waals surface area contributed by atoms with Crippen LogP contribution < -0.4 is 9.47 Å². The Morgan fingerprint density at radius 1 is 1.10 bits per heavy atom. The van der Waals surface area contributed by atoms with Crippen LogP contribution in [0.1, 0.15) is 17.3 Å². The Balaban J connectivity index is 2.12. The van der Waals surface area contributed by atoms with Crippen LogP contribution in [0.4, 0.5) is 0 Å². The fourth-order valence-electron chi connectivity index (χ4n) is 1.81. The maximum atomic E-state index is 12.3. The minimum Gasteiger partial charge on any atom is -0.497 e. The number of hydrogen-bond acceptors (Lipinski definition) is 3. The fourth-order valence-corrected chi connectivity index (χ4v) is 1.99. The smallest absolute Gasteiger partial charge is 0.203 e. The second-order valence-electron chi connectivity index (χ2n) is 4.31. The molecule has 1 unspecified atom stereocenters. The van der Waals surface area contributed by atoms with Gasteiger partial charge < -0.3 is 9.47 Å². The molecule has 0 fully saturated rings. The van der Waals surface area contributed by atoms with Crippen LogP contribution in [0, 0.1) is 0 Å². The number of methoxy groups -OCH3 is 1. The Hall–Kier alpha value is -2.00. The van der Waals surface area contributed by atoms with Crippen LogP contribution in [0.25, 0.3) is 0 Å². The first-order chi connectivity index (χ1) is 9.60. The van der Waals surface area contributed by atoms with E-state index >= 15 is 0 Å². The first-order valence-corrected chi connectivity index (χ1v) is 6.58. The summed E-state index contributed by atoms with van der Waals surface area (Å²) in [7, 11) is 1.56. The topological polar surface area (TPSA) is 35.5 Å². The summed E-state index contributed by atoms with van der Waals surface area (Å²) < 4.78 is 10.7. The summed E-state index contributed by atoms with van der Waals surface area (Å²) in [5, 5.41) is 0.573. The predicted molar refractivity (Wildman–Crippen MR) is 78.9 cm³/mol. The molecule has 3 nitrogen and oxygen atoms in total. The molecule has 0 amide bonds. The highest BCUT2D eigenvalue weighted by molar-refractivity contribution is 6.30. The molecule has 20 heavy (non-hydrogen) atoms. The van der Waals surface area contributed by atoms with E-state index in [2.05, 4.69) is 0 Å². The maximum absolute atomic E-state index is 12.3. The van der Waals surface area contributed by atoms with Crippen molar-refractivity contribution in [2.45, 2.75) is 13.0 Å². The van der Waals surface area contributed by atoms with E-state index in [-0.39, 0.29) is 5.78 Å². The molecule has 104 valence electrons. The van der Waals surface area contributed by atoms with Crippen LogP contribution in [-0.2, 0) is 0 Å². The van der Waals surface area contributed by atoms with Crippen molar-refractivity contribution < 1.29 is 14.3 Å². The Kier molecular flexibility index (Phi) is 4.64. The van der Waals surface area contributed by atoms with Crippen molar-refractivity contribution in [3.63, 3.8) is 0 Å². The van der Waals surface area contributed by atoms with Gasteiger partial charge in [-0.1, -0.05) is 29.8 Å². The van der Waals surface area contributed by atoms with Gasteiger partial charge in [-0.25, -0.2) is 0 Å². The molecule has 1 atom stereocenters. The van der Waals surface area contributed by atoms with E-state index in [0.717, 1.165) is 0 Å². The molecule has 0 aliphatic rings. The monoisotopic (exact) mass is 290 g/mol. The van der Waals surface area contributed by atoms with Gasteiger partial charge in [0.25, 0.3) is 0 Å². The lowest BCUT2D eigenvalue weighted by molar-refractivity contribution is 0.0818. The van der Waals surface area contributed by atoms with Crippen molar-refractivity contribution in [2.75, 3.05) is 7.11 Å². The molecule has 0 aliphatic carbocycles. The van der Waals surface area contributed by atoms with E-state index in [1.807, 2.05) is 0 Å². The van der Waals surface area contributed by atoms with Gasteiger partial charge in [0.1, 0.15) is 11.5 Å². The van der Waals surface area contributed by atoms with E-state index < -0.39 is 6.10 Å². The maximum Gasteiger partial charge on any atom is 0.203 e. The van der Waals surface area contributed by atoms with Crippen LogP contribution in [0.15, 0.2) is 48.5 Å². The number of ketones is 1. The Morgan fingerprint density at radius 2 is 1.80 bits per heavy atom. The third-order valence-electron chi connectivity index (χ3n) is 2.83. The highest BCUT2D eigenvalue weighted by Gasteiger charge is 2.17. The summed E-state index contributed by atoms with van der Waals surface area (Å²) in [6, 6.07) is 14.0. The molecule has 4 heteroatoms. The minimum absolute atomic E-state index is 0.108. The molecular formula is C16H15ClO3. The van der Waals surface area contributed by atoms with E-state index in [4.69, 9.17) is 21.1 Å². The number of carbonyl (C=O) groups is 1. The van der Waals surface area contributed by atoms with E-state index in [9.17, 15) is 4.79 Å². The lowest BCUT2D eigenvalue weighted by atomic mass is 10.1.